The van der Waals surface area contributed by atoms with Crippen molar-refractivity contribution in [2.45, 2.75) is 52.6 Å². The Bertz CT molecular complexity index is 1500. The van der Waals surface area contributed by atoms with Crippen LogP contribution >= 0.6 is 0 Å². The van der Waals surface area contributed by atoms with Gasteiger partial charge in [-0.25, -0.2) is 28.7 Å². The Hall–Kier alpha value is -3.50. The van der Waals surface area contributed by atoms with Crippen LogP contribution in [0.15, 0.2) is 36.7 Å². The van der Waals surface area contributed by atoms with Crippen molar-refractivity contribution in [1.82, 2.24) is 29.4 Å². The first-order valence-electron chi connectivity index (χ1n) is 13.5. The molecule has 2 saturated heterocycles. The number of halogens is 2. The lowest BCUT2D eigenvalue weighted by Gasteiger charge is -2.48. The van der Waals surface area contributed by atoms with Crippen LogP contribution in [0.4, 0.5) is 20.5 Å². The molecular weight excluding hydrogens is 500 g/mol. The van der Waals surface area contributed by atoms with Crippen LogP contribution in [0.2, 0.25) is 0 Å². The molecule has 2 aliphatic heterocycles. The quantitative estimate of drug-likeness (QED) is 0.327. The van der Waals surface area contributed by atoms with Gasteiger partial charge < -0.3 is 14.6 Å². The van der Waals surface area contributed by atoms with Crippen LogP contribution in [-0.2, 0) is 4.74 Å². The highest BCUT2D eigenvalue weighted by molar-refractivity contribution is 5.83. The molecule has 2 fully saturated rings. The third-order valence-electron chi connectivity index (χ3n) is 8.19. The molecule has 1 aromatic carbocycles. The average Bonchev–Trinajstić information content (AvgIpc) is 3.25. The zero-order valence-electron chi connectivity index (χ0n) is 22.7. The lowest BCUT2D eigenvalue weighted by atomic mass is 9.76. The second-order valence-corrected chi connectivity index (χ2v) is 11.1. The Morgan fingerprint density at radius 2 is 1.74 bits per heavy atom. The molecule has 0 aliphatic carbocycles. The maximum absolute atomic E-state index is 15.0. The van der Waals surface area contributed by atoms with Gasteiger partial charge in [-0.05, 0) is 77.4 Å². The number of aryl methyl sites for hydroxylation is 1. The van der Waals surface area contributed by atoms with Gasteiger partial charge in [0.15, 0.2) is 11.6 Å². The highest BCUT2D eigenvalue weighted by atomic mass is 19.1. The molecule has 8 nitrogen and oxygen atoms in total. The Labute approximate surface area is 226 Å². The van der Waals surface area contributed by atoms with E-state index in [0.717, 1.165) is 38.1 Å². The molecule has 204 valence electrons. The normalized spacial score (nSPS) is 18.0. The summed E-state index contributed by atoms with van der Waals surface area (Å²) in [7, 11) is 0. The lowest BCUT2D eigenvalue weighted by molar-refractivity contribution is -0.142. The van der Waals surface area contributed by atoms with Crippen LogP contribution in [0.3, 0.4) is 0 Å². The van der Waals surface area contributed by atoms with Gasteiger partial charge in [-0.2, -0.15) is 0 Å². The molecule has 1 unspecified atom stereocenters. The maximum atomic E-state index is 15.0. The molecule has 4 aromatic rings. The number of piperidine rings is 1. The highest BCUT2D eigenvalue weighted by Gasteiger charge is 2.41. The standard InChI is InChI=1S/C29H33F2N7O/c1-17(2)38-19(4)34-27-22(30)11-21(12-24(27)38)26-23(31)14-33-28(36-26)35-25-6-5-20(13-32-25)18(3)37-9-7-29(8-10-37)15-39-16-29/h5-6,11-14,17-18H,7-10,15-16H2,1-4H3,(H,32,33,35,36). The summed E-state index contributed by atoms with van der Waals surface area (Å²) in [6.45, 7) is 11.9. The number of hydrogen-bond acceptors (Lipinski definition) is 7. The van der Waals surface area contributed by atoms with Crippen LogP contribution in [0.25, 0.3) is 22.3 Å². The van der Waals surface area contributed by atoms with Gasteiger partial charge in [0.2, 0.25) is 5.95 Å². The van der Waals surface area contributed by atoms with Crippen LogP contribution in [-0.4, -0.2) is 55.7 Å². The molecule has 0 radical (unpaired) electrons. The number of fused-ring (bicyclic) bond motifs is 1. The van der Waals surface area contributed by atoms with Crippen molar-refractivity contribution in [2.24, 2.45) is 5.41 Å². The van der Waals surface area contributed by atoms with E-state index in [-0.39, 0.29) is 29.2 Å². The fourth-order valence-corrected chi connectivity index (χ4v) is 5.80. The van der Waals surface area contributed by atoms with E-state index < -0.39 is 11.6 Å². The summed E-state index contributed by atoms with van der Waals surface area (Å²) in [5.74, 6) is 0.262. The van der Waals surface area contributed by atoms with Crippen molar-refractivity contribution in [3.8, 4) is 11.3 Å². The van der Waals surface area contributed by atoms with Crippen molar-refractivity contribution < 1.29 is 13.5 Å². The topological polar surface area (TPSA) is 81.0 Å². The highest BCUT2D eigenvalue weighted by Crippen LogP contribution is 2.40. The van der Waals surface area contributed by atoms with Crippen molar-refractivity contribution in [3.63, 3.8) is 0 Å². The summed E-state index contributed by atoms with van der Waals surface area (Å²) in [5, 5.41) is 3.06. The van der Waals surface area contributed by atoms with Crippen molar-refractivity contribution in [3.05, 3.63) is 59.7 Å². The molecule has 1 spiro atoms. The van der Waals surface area contributed by atoms with Crippen molar-refractivity contribution in [1.29, 1.82) is 0 Å². The van der Waals surface area contributed by atoms with Gasteiger partial charge in [0, 0.05) is 29.3 Å². The van der Waals surface area contributed by atoms with Gasteiger partial charge in [0.05, 0.1) is 24.9 Å². The molecule has 1 atom stereocenters. The number of ether oxygens (including phenoxy) is 1. The minimum atomic E-state index is -0.638. The largest absolute Gasteiger partial charge is 0.380 e. The van der Waals surface area contributed by atoms with Crippen molar-refractivity contribution >= 4 is 22.8 Å². The zero-order valence-corrected chi connectivity index (χ0v) is 22.7. The number of likely N-dealkylation sites (tertiary alicyclic amines) is 1. The second-order valence-electron chi connectivity index (χ2n) is 11.1. The molecule has 0 saturated carbocycles. The zero-order chi connectivity index (χ0) is 27.3. The van der Waals surface area contributed by atoms with E-state index in [1.54, 1.807) is 6.07 Å². The average molecular weight is 534 g/mol. The van der Waals surface area contributed by atoms with Gasteiger partial charge in [0.1, 0.15) is 22.9 Å². The summed E-state index contributed by atoms with van der Waals surface area (Å²) in [6, 6.07) is 7.23. The number of rotatable bonds is 6. The lowest BCUT2D eigenvalue weighted by Crippen LogP contribution is -2.51. The first-order chi connectivity index (χ1) is 18.7. The molecule has 3 aromatic heterocycles. The molecule has 0 bridgehead atoms. The van der Waals surface area contributed by atoms with E-state index in [1.165, 1.54) is 18.9 Å². The van der Waals surface area contributed by atoms with Gasteiger partial charge in [-0.3, -0.25) is 4.90 Å². The minimum absolute atomic E-state index is 0.00688. The summed E-state index contributed by atoms with van der Waals surface area (Å²) < 4.78 is 37.2. The van der Waals surface area contributed by atoms with Gasteiger partial charge in [-0.15, -0.1) is 0 Å². The first kappa shape index (κ1) is 25.8. The molecule has 2 aliphatic rings. The molecule has 5 heterocycles. The predicted molar refractivity (Wildman–Crippen MR) is 146 cm³/mol. The summed E-state index contributed by atoms with van der Waals surface area (Å²) in [5.41, 5.74) is 2.72. The van der Waals surface area contributed by atoms with E-state index >= 15 is 0 Å². The summed E-state index contributed by atoms with van der Waals surface area (Å²) in [6.07, 6.45) is 5.28. The predicted octanol–water partition coefficient (Wildman–Crippen LogP) is 5.97. The minimum Gasteiger partial charge on any atom is -0.380 e. The second kappa shape index (κ2) is 9.91. The first-order valence-corrected chi connectivity index (χ1v) is 13.5. The number of benzene rings is 1. The molecular formula is C29H33F2N7O. The fourth-order valence-electron chi connectivity index (χ4n) is 5.80. The summed E-state index contributed by atoms with van der Waals surface area (Å²) in [4.78, 5) is 19.9. The number of pyridine rings is 1. The van der Waals surface area contributed by atoms with Gasteiger partial charge in [-0.1, -0.05) is 6.07 Å². The van der Waals surface area contributed by atoms with E-state index in [2.05, 4.69) is 37.1 Å². The van der Waals surface area contributed by atoms with E-state index in [4.69, 9.17) is 4.74 Å². The maximum Gasteiger partial charge on any atom is 0.229 e. The van der Waals surface area contributed by atoms with E-state index in [0.29, 0.717) is 28.1 Å². The Morgan fingerprint density at radius 3 is 2.38 bits per heavy atom. The van der Waals surface area contributed by atoms with Crippen LogP contribution in [0.1, 0.15) is 57.1 Å². The Balaban J connectivity index is 1.21. The smallest absolute Gasteiger partial charge is 0.229 e. The van der Waals surface area contributed by atoms with Gasteiger partial charge >= 0.3 is 0 Å². The Morgan fingerprint density at radius 1 is 0.974 bits per heavy atom. The molecule has 1 N–H and O–H groups in total. The van der Waals surface area contributed by atoms with Crippen LogP contribution < -0.4 is 5.32 Å². The molecule has 10 heteroatoms. The molecule has 39 heavy (non-hydrogen) atoms. The number of nitrogens with one attached hydrogen (secondary N) is 1. The third-order valence-corrected chi connectivity index (χ3v) is 8.19. The van der Waals surface area contributed by atoms with E-state index in [1.807, 2.05) is 43.7 Å². The van der Waals surface area contributed by atoms with Crippen LogP contribution in [0.5, 0.6) is 0 Å². The van der Waals surface area contributed by atoms with Crippen molar-refractivity contribution in [2.75, 3.05) is 31.6 Å². The number of imidazole rings is 1. The molecule has 0 amide bonds. The molecule has 6 rings (SSSR count). The summed E-state index contributed by atoms with van der Waals surface area (Å²) >= 11 is 0. The number of anilines is 2. The Kier molecular flexibility index (Phi) is 6.55. The number of hydrogen-bond donors (Lipinski definition) is 1. The number of aromatic nitrogens is 5. The fraction of sp³-hybridized carbons (Fsp3) is 0.448. The number of nitrogens with zero attached hydrogens (tertiary/aromatic N) is 6. The van der Waals surface area contributed by atoms with E-state index in [9.17, 15) is 8.78 Å². The SMILES string of the molecule is Cc1nc2c(F)cc(-c3nc(Nc4ccc(C(C)N5CCC6(CC5)COC6)cn4)ncc3F)cc2n1C(C)C. The van der Waals surface area contributed by atoms with Gasteiger partial charge in [0.25, 0.3) is 0 Å². The third kappa shape index (κ3) is 4.76. The van der Waals surface area contributed by atoms with Crippen LogP contribution in [0, 0.1) is 24.0 Å². The monoisotopic (exact) mass is 533 g/mol.